The minimum Gasteiger partial charge on any atom is -0.494 e. The summed E-state index contributed by atoms with van der Waals surface area (Å²) < 4.78 is 5.93. The van der Waals surface area contributed by atoms with Crippen molar-refractivity contribution >= 4 is 11.6 Å². The number of ether oxygens (including phenoxy) is 1. The number of likely N-dealkylation sites (tertiary alicyclic amines) is 1. The second kappa shape index (κ2) is 9.61. The lowest BCUT2D eigenvalue weighted by atomic mass is 9.93. The summed E-state index contributed by atoms with van der Waals surface area (Å²) >= 11 is 6.51. The molecule has 0 amide bonds. The van der Waals surface area contributed by atoms with E-state index >= 15 is 0 Å². The summed E-state index contributed by atoms with van der Waals surface area (Å²) in [4.78, 5) is 10.5. The van der Waals surface area contributed by atoms with Crippen LogP contribution in [0.15, 0.2) is 18.2 Å². The maximum absolute atomic E-state index is 6.51. The molecule has 148 valence electrons. The maximum atomic E-state index is 6.51. The average Bonchev–Trinajstić information content (AvgIpc) is 3.01. The molecular weight excluding hydrogens is 358 g/mol. The minimum absolute atomic E-state index is 0.680. The van der Waals surface area contributed by atoms with E-state index in [1.165, 1.54) is 32.4 Å². The van der Waals surface area contributed by atoms with Gasteiger partial charge in [0.15, 0.2) is 0 Å². The first-order valence-corrected chi connectivity index (χ1v) is 10.6. The molecule has 0 radical (unpaired) electrons. The number of aromatic nitrogens is 2. The summed E-state index contributed by atoms with van der Waals surface area (Å²) in [6.45, 7) is 7.45. The standard InChI is InChI=1S/C22H32ClN3O/c1-4-6-21-16(2)24-22(25-21)19-9-8-18(15-20(19)23)27-14-5-7-17-10-12-26(3)13-11-17/h8-9,15,17H,4-7,10-14H2,1-3H3,(H,24,25). The number of hydrogen-bond donors (Lipinski definition) is 1. The van der Waals surface area contributed by atoms with Gasteiger partial charge in [-0.25, -0.2) is 4.98 Å². The zero-order valence-electron chi connectivity index (χ0n) is 16.9. The Kier molecular flexibility index (Phi) is 7.20. The van der Waals surface area contributed by atoms with Gasteiger partial charge >= 0.3 is 0 Å². The first kappa shape index (κ1) is 20.2. The fourth-order valence-electron chi connectivity index (χ4n) is 3.79. The number of aryl methyl sites for hydroxylation is 2. The van der Waals surface area contributed by atoms with Crippen LogP contribution in [0.5, 0.6) is 5.75 Å². The van der Waals surface area contributed by atoms with Crippen LogP contribution in [0.25, 0.3) is 11.4 Å². The first-order valence-electron chi connectivity index (χ1n) is 10.2. The zero-order valence-corrected chi connectivity index (χ0v) is 17.6. The molecule has 4 nitrogen and oxygen atoms in total. The molecule has 2 heterocycles. The minimum atomic E-state index is 0.680. The van der Waals surface area contributed by atoms with Crippen molar-refractivity contribution in [3.63, 3.8) is 0 Å². The molecule has 1 aliphatic rings. The van der Waals surface area contributed by atoms with Crippen LogP contribution < -0.4 is 4.74 Å². The molecular formula is C22H32ClN3O. The zero-order chi connectivity index (χ0) is 19.2. The highest BCUT2D eigenvalue weighted by molar-refractivity contribution is 6.33. The topological polar surface area (TPSA) is 41.1 Å². The van der Waals surface area contributed by atoms with Crippen LogP contribution in [-0.2, 0) is 6.42 Å². The van der Waals surface area contributed by atoms with E-state index in [-0.39, 0.29) is 0 Å². The number of hydrogen-bond acceptors (Lipinski definition) is 3. The van der Waals surface area contributed by atoms with Crippen molar-refractivity contribution in [1.29, 1.82) is 0 Å². The third kappa shape index (κ3) is 5.49. The van der Waals surface area contributed by atoms with Crippen LogP contribution >= 0.6 is 11.6 Å². The molecule has 1 fully saturated rings. The monoisotopic (exact) mass is 389 g/mol. The van der Waals surface area contributed by atoms with E-state index in [1.807, 2.05) is 18.2 Å². The van der Waals surface area contributed by atoms with E-state index in [1.54, 1.807) is 0 Å². The molecule has 1 aromatic heterocycles. The van der Waals surface area contributed by atoms with Crippen molar-refractivity contribution in [3.05, 3.63) is 34.6 Å². The molecule has 1 aliphatic heterocycles. The van der Waals surface area contributed by atoms with Gasteiger partial charge < -0.3 is 14.6 Å². The Hall–Kier alpha value is -1.52. The highest BCUT2D eigenvalue weighted by atomic mass is 35.5. The van der Waals surface area contributed by atoms with E-state index in [0.29, 0.717) is 5.02 Å². The Morgan fingerprint density at radius 1 is 1.30 bits per heavy atom. The smallest absolute Gasteiger partial charge is 0.139 e. The molecule has 2 aromatic rings. The molecule has 5 heteroatoms. The van der Waals surface area contributed by atoms with Crippen molar-refractivity contribution in [3.8, 4) is 17.1 Å². The van der Waals surface area contributed by atoms with E-state index in [9.17, 15) is 0 Å². The normalized spacial score (nSPS) is 16.0. The van der Waals surface area contributed by atoms with Crippen molar-refractivity contribution in [1.82, 2.24) is 14.9 Å². The summed E-state index contributed by atoms with van der Waals surface area (Å²) in [5, 5.41) is 0.680. The van der Waals surface area contributed by atoms with Gasteiger partial charge in [0.25, 0.3) is 0 Å². The van der Waals surface area contributed by atoms with E-state index in [2.05, 4.69) is 30.8 Å². The SMILES string of the molecule is CCCc1nc(-c2ccc(OCCCC3CCN(C)CC3)cc2Cl)[nH]c1C. The van der Waals surface area contributed by atoms with Crippen LogP contribution in [0, 0.1) is 12.8 Å². The van der Waals surface area contributed by atoms with Crippen molar-refractivity contribution < 1.29 is 4.74 Å². The van der Waals surface area contributed by atoms with Gasteiger partial charge in [-0.1, -0.05) is 24.9 Å². The number of imidazole rings is 1. The average molecular weight is 390 g/mol. The van der Waals surface area contributed by atoms with Gasteiger partial charge in [-0.05, 0) is 83.3 Å². The molecule has 1 N–H and O–H groups in total. The van der Waals surface area contributed by atoms with Crippen molar-refractivity contribution in [2.75, 3.05) is 26.7 Å². The number of piperidine rings is 1. The van der Waals surface area contributed by atoms with Gasteiger partial charge in [-0.3, -0.25) is 0 Å². The van der Waals surface area contributed by atoms with Gasteiger partial charge in [0.2, 0.25) is 0 Å². The third-order valence-corrected chi connectivity index (χ3v) is 5.84. The second-order valence-electron chi connectivity index (χ2n) is 7.79. The van der Waals surface area contributed by atoms with Crippen LogP contribution in [0.3, 0.4) is 0 Å². The van der Waals surface area contributed by atoms with Crippen LogP contribution in [-0.4, -0.2) is 41.6 Å². The molecule has 0 atom stereocenters. The van der Waals surface area contributed by atoms with Crippen LogP contribution in [0.2, 0.25) is 5.02 Å². The van der Waals surface area contributed by atoms with Gasteiger partial charge in [-0.15, -0.1) is 0 Å². The van der Waals surface area contributed by atoms with Crippen molar-refractivity contribution in [2.45, 2.75) is 52.4 Å². The number of aromatic amines is 1. The largest absolute Gasteiger partial charge is 0.494 e. The quantitative estimate of drug-likeness (QED) is 0.606. The number of rotatable bonds is 8. The molecule has 0 aliphatic carbocycles. The van der Waals surface area contributed by atoms with E-state index < -0.39 is 0 Å². The lowest BCUT2D eigenvalue weighted by molar-refractivity contribution is 0.200. The highest BCUT2D eigenvalue weighted by Crippen LogP contribution is 2.30. The summed E-state index contributed by atoms with van der Waals surface area (Å²) in [5.74, 6) is 2.54. The molecule has 1 saturated heterocycles. The Bertz CT molecular complexity index is 735. The Morgan fingerprint density at radius 3 is 2.78 bits per heavy atom. The lowest BCUT2D eigenvalue weighted by Crippen LogP contribution is -2.30. The fourth-order valence-corrected chi connectivity index (χ4v) is 4.05. The van der Waals surface area contributed by atoms with Gasteiger partial charge in [-0.2, -0.15) is 0 Å². The fraction of sp³-hybridized carbons (Fsp3) is 0.591. The van der Waals surface area contributed by atoms with Gasteiger partial charge in [0.05, 0.1) is 17.3 Å². The predicted molar refractivity (Wildman–Crippen MR) is 113 cm³/mol. The molecule has 0 spiro atoms. The Labute approximate surface area is 168 Å². The number of nitrogens with one attached hydrogen (secondary N) is 1. The van der Waals surface area contributed by atoms with Gasteiger partial charge in [0, 0.05) is 11.3 Å². The molecule has 27 heavy (non-hydrogen) atoms. The van der Waals surface area contributed by atoms with E-state index in [0.717, 1.165) is 60.3 Å². The molecule has 0 unspecified atom stereocenters. The molecule has 3 rings (SSSR count). The summed E-state index contributed by atoms with van der Waals surface area (Å²) in [6, 6.07) is 5.90. The van der Waals surface area contributed by atoms with Crippen LogP contribution in [0.1, 0.15) is 50.4 Å². The third-order valence-electron chi connectivity index (χ3n) is 5.53. The second-order valence-corrected chi connectivity index (χ2v) is 8.19. The van der Waals surface area contributed by atoms with Gasteiger partial charge in [0.1, 0.15) is 11.6 Å². The molecule has 1 aromatic carbocycles. The number of nitrogens with zero attached hydrogens (tertiary/aromatic N) is 2. The van der Waals surface area contributed by atoms with E-state index in [4.69, 9.17) is 21.3 Å². The number of benzene rings is 1. The molecule has 0 bridgehead atoms. The number of halogens is 1. The Balaban J connectivity index is 1.51. The van der Waals surface area contributed by atoms with Crippen molar-refractivity contribution in [2.24, 2.45) is 5.92 Å². The maximum Gasteiger partial charge on any atom is 0.139 e. The Morgan fingerprint density at radius 2 is 2.07 bits per heavy atom. The highest BCUT2D eigenvalue weighted by Gasteiger charge is 2.16. The lowest BCUT2D eigenvalue weighted by Gasteiger charge is -2.28. The summed E-state index contributed by atoms with van der Waals surface area (Å²) in [6.07, 6.45) is 7.07. The number of H-pyrrole nitrogens is 1. The summed E-state index contributed by atoms with van der Waals surface area (Å²) in [5.41, 5.74) is 3.18. The first-order chi connectivity index (χ1) is 13.1. The van der Waals surface area contributed by atoms with Crippen LogP contribution in [0.4, 0.5) is 0 Å². The predicted octanol–water partition coefficient (Wildman–Crippen LogP) is 5.49. The molecule has 0 saturated carbocycles. The summed E-state index contributed by atoms with van der Waals surface area (Å²) in [7, 11) is 2.21.